The molecule has 43 heavy (non-hydrogen) atoms. The Labute approximate surface area is 250 Å². The Morgan fingerprint density at radius 1 is 1.07 bits per heavy atom. The first-order chi connectivity index (χ1) is 20.4. The first-order valence-electron chi connectivity index (χ1n) is 13.3. The molecular weight excluding hydrogens is 593 g/mol. The molecule has 1 fully saturated rings. The van der Waals surface area contributed by atoms with Crippen LogP contribution in [0.4, 0.5) is 13.2 Å². The summed E-state index contributed by atoms with van der Waals surface area (Å²) >= 11 is 6.06. The third kappa shape index (κ3) is 8.74. The number of rotatable bonds is 8. The highest BCUT2D eigenvalue weighted by Crippen LogP contribution is 2.31. The van der Waals surface area contributed by atoms with Gasteiger partial charge in [0.25, 0.3) is 5.91 Å². The van der Waals surface area contributed by atoms with Gasteiger partial charge in [0.15, 0.2) is 23.2 Å². The number of pyridine rings is 1. The van der Waals surface area contributed by atoms with Gasteiger partial charge in [-0.15, -0.1) is 13.2 Å². The van der Waals surface area contributed by atoms with Crippen LogP contribution in [0.15, 0.2) is 60.8 Å². The zero-order chi connectivity index (χ0) is 31.1. The highest BCUT2D eigenvalue weighted by molar-refractivity contribution is 6.30. The second kappa shape index (κ2) is 14.0. The molecule has 1 aliphatic heterocycles. The summed E-state index contributed by atoms with van der Waals surface area (Å²) in [6.45, 7) is 1.69. The summed E-state index contributed by atoms with van der Waals surface area (Å²) in [5.41, 5.74) is 1.32. The van der Waals surface area contributed by atoms with E-state index in [9.17, 15) is 27.9 Å². The molecule has 0 bridgehead atoms. The van der Waals surface area contributed by atoms with Crippen molar-refractivity contribution in [1.82, 2.24) is 10.3 Å². The molecule has 0 unspecified atom stereocenters. The number of methoxy groups -OCH3 is 1. The minimum absolute atomic E-state index is 0.0351. The first kappa shape index (κ1) is 31.9. The molecule has 4 atom stereocenters. The number of cyclic esters (lactones) is 1. The van der Waals surface area contributed by atoms with Gasteiger partial charge in [-0.05, 0) is 61.1 Å². The second-order valence-electron chi connectivity index (χ2n) is 10.1. The molecule has 0 radical (unpaired) electrons. The fraction of sp³-hybridized carbons (Fsp3) is 0.367. The van der Waals surface area contributed by atoms with Gasteiger partial charge >= 0.3 is 12.3 Å². The molecule has 1 amide bonds. The number of nitrogens with one attached hydrogen (secondary N) is 1. The number of amides is 1. The zero-order valence-corrected chi connectivity index (χ0v) is 24.0. The summed E-state index contributed by atoms with van der Waals surface area (Å²) < 4.78 is 58.7. The van der Waals surface area contributed by atoms with Crippen LogP contribution in [-0.2, 0) is 27.1 Å². The van der Waals surface area contributed by atoms with E-state index in [2.05, 4.69) is 15.0 Å². The van der Waals surface area contributed by atoms with E-state index >= 15 is 0 Å². The topological polar surface area (TPSA) is 116 Å². The number of halogens is 4. The van der Waals surface area contributed by atoms with Crippen LogP contribution >= 0.6 is 11.6 Å². The molecule has 1 saturated heterocycles. The Balaban J connectivity index is 1.56. The Morgan fingerprint density at radius 3 is 2.37 bits per heavy atom. The molecule has 2 heterocycles. The van der Waals surface area contributed by atoms with E-state index in [4.69, 9.17) is 25.8 Å². The molecule has 9 nitrogen and oxygen atoms in total. The van der Waals surface area contributed by atoms with Crippen molar-refractivity contribution in [1.29, 1.82) is 0 Å². The number of hydrogen-bond acceptors (Lipinski definition) is 8. The monoisotopic (exact) mass is 622 g/mol. The van der Waals surface area contributed by atoms with Crippen LogP contribution in [-0.4, -0.2) is 60.8 Å². The van der Waals surface area contributed by atoms with Gasteiger partial charge in [-0.2, -0.15) is 0 Å². The van der Waals surface area contributed by atoms with Crippen molar-refractivity contribution in [2.24, 2.45) is 11.8 Å². The Bertz CT molecular complexity index is 1400. The Hall–Kier alpha value is -4.03. The number of hydrogen-bond donors (Lipinski definition) is 2. The molecule has 2 N–H and O–H groups in total. The number of alkyl halides is 3. The average molecular weight is 623 g/mol. The van der Waals surface area contributed by atoms with Gasteiger partial charge in [-0.25, -0.2) is 9.78 Å². The van der Waals surface area contributed by atoms with Crippen molar-refractivity contribution in [3.05, 3.63) is 82.6 Å². The lowest BCUT2D eigenvalue weighted by molar-refractivity contribution is -0.274. The van der Waals surface area contributed by atoms with Gasteiger partial charge in [0.2, 0.25) is 0 Å². The number of aromatic nitrogens is 1. The maximum absolute atomic E-state index is 13.2. The number of benzene rings is 2. The minimum Gasteiger partial charge on any atom is -0.503 e. The third-order valence-corrected chi connectivity index (χ3v) is 7.33. The van der Waals surface area contributed by atoms with Gasteiger partial charge in [0, 0.05) is 23.2 Å². The van der Waals surface area contributed by atoms with Crippen molar-refractivity contribution in [2.75, 3.05) is 20.3 Å². The van der Waals surface area contributed by atoms with Crippen molar-refractivity contribution in [2.45, 2.75) is 38.3 Å². The van der Waals surface area contributed by atoms with E-state index in [-0.39, 0.29) is 42.2 Å². The first-order valence-corrected chi connectivity index (χ1v) is 13.7. The summed E-state index contributed by atoms with van der Waals surface area (Å²) in [5, 5.41) is 13.4. The molecule has 0 aliphatic carbocycles. The summed E-state index contributed by atoms with van der Waals surface area (Å²) in [6, 6.07) is 13.0. The van der Waals surface area contributed by atoms with Crippen LogP contribution in [0.25, 0.3) is 0 Å². The SMILES string of the molecule is COc1ccnc(C(=O)N[C@H]2COC[C@H](Cc3ccc(Cl)cc3)[C@@H](Cc3ccc(OC(F)(F)F)cc3)[C@H](C)OC2=O)c1O. The van der Waals surface area contributed by atoms with Crippen LogP contribution in [0.1, 0.15) is 28.5 Å². The van der Waals surface area contributed by atoms with Crippen LogP contribution in [0, 0.1) is 11.8 Å². The fourth-order valence-electron chi connectivity index (χ4n) is 4.92. The van der Waals surface area contributed by atoms with Crippen molar-refractivity contribution in [3.8, 4) is 17.2 Å². The lowest BCUT2D eigenvalue weighted by atomic mass is 9.80. The number of ether oxygens (including phenoxy) is 4. The molecule has 2 aromatic carbocycles. The van der Waals surface area contributed by atoms with Gasteiger partial charge in [0.1, 0.15) is 11.9 Å². The Morgan fingerprint density at radius 2 is 1.72 bits per heavy atom. The van der Waals surface area contributed by atoms with Crippen molar-refractivity contribution in [3.63, 3.8) is 0 Å². The summed E-state index contributed by atoms with van der Waals surface area (Å²) in [6.07, 6.45) is -3.34. The lowest BCUT2D eigenvalue weighted by Crippen LogP contribution is -2.46. The molecule has 0 spiro atoms. The molecule has 230 valence electrons. The lowest BCUT2D eigenvalue weighted by Gasteiger charge is -2.31. The number of carbonyl (C=O) groups is 2. The normalized spacial score (nSPS) is 21.1. The molecule has 4 rings (SSSR count). The van der Waals surface area contributed by atoms with E-state index < -0.39 is 36.1 Å². The number of nitrogens with zero attached hydrogens (tertiary/aromatic N) is 1. The molecule has 1 aromatic heterocycles. The van der Waals surface area contributed by atoms with Crippen LogP contribution in [0.2, 0.25) is 5.02 Å². The number of carbonyl (C=O) groups excluding carboxylic acids is 2. The third-order valence-electron chi connectivity index (χ3n) is 7.08. The van der Waals surface area contributed by atoms with Gasteiger partial charge in [0.05, 0.1) is 20.3 Å². The summed E-state index contributed by atoms with van der Waals surface area (Å²) in [5.74, 6) is -2.91. The molecule has 1 aliphatic rings. The summed E-state index contributed by atoms with van der Waals surface area (Å²) in [7, 11) is 1.32. The van der Waals surface area contributed by atoms with Gasteiger partial charge in [-0.3, -0.25) is 4.79 Å². The smallest absolute Gasteiger partial charge is 0.503 e. The second-order valence-corrected chi connectivity index (χ2v) is 10.5. The predicted octanol–water partition coefficient (Wildman–Crippen LogP) is 5.13. The molecule has 13 heteroatoms. The Kier molecular flexibility index (Phi) is 10.4. The molecule has 3 aromatic rings. The van der Waals surface area contributed by atoms with E-state index in [1.807, 2.05) is 12.1 Å². The quantitative estimate of drug-likeness (QED) is 0.333. The minimum atomic E-state index is -4.81. The maximum atomic E-state index is 13.2. The van der Waals surface area contributed by atoms with E-state index in [1.54, 1.807) is 19.1 Å². The van der Waals surface area contributed by atoms with Crippen LogP contribution in [0.3, 0.4) is 0 Å². The largest absolute Gasteiger partial charge is 0.573 e. The van der Waals surface area contributed by atoms with Crippen molar-refractivity contribution >= 4 is 23.5 Å². The molecule has 0 saturated carbocycles. The average Bonchev–Trinajstić information content (AvgIpc) is 3.00. The van der Waals surface area contributed by atoms with Crippen LogP contribution < -0.4 is 14.8 Å². The predicted molar refractivity (Wildman–Crippen MR) is 149 cm³/mol. The number of esters is 1. The van der Waals surface area contributed by atoms with E-state index in [1.165, 1.54) is 43.6 Å². The van der Waals surface area contributed by atoms with Gasteiger partial charge in [-0.1, -0.05) is 35.9 Å². The van der Waals surface area contributed by atoms with E-state index in [0.717, 1.165) is 5.56 Å². The van der Waals surface area contributed by atoms with Crippen LogP contribution in [0.5, 0.6) is 17.2 Å². The zero-order valence-electron chi connectivity index (χ0n) is 23.3. The van der Waals surface area contributed by atoms with E-state index in [0.29, 0.717) is 23.4 Å². The highest BCUT2D eigenvalue weighted by Gasteiger charge is 2.36. The maximum Gasteiger partial charge on any atom is 0.573 e. The standard InChI is InChI=1S/C30H30ClF3N2O7/c1-17-23(14-19-5-9-22(10-6-19)43-30(32,33)34)20(13-18-3-7-21(31)8-4-18)15-41-16-24(29(39)42-17)36-28(38)26-27(37)25(40-2)11-12-35-26/h3-12,17,20,23-24,37H,13-16H2,1-2H3,(H,36,38)/t17-,20-,23-,24-/m0/s1. The van der Waals surface area contributed by atoms with Gasteiger partial charge < -0.3 is 29.4 Å². The highest BCUT2D eigenvalue weighted by atomic mass is 35.5. The summed E-state index contributed by atoms with van der Waals surface area (Å²) in [4.78, 5) is 30.0. The fourth-order valence-corrected chi connectivity index (χ4v) is 5.05. The molecular formula is C30H30ClF3N2O7. The number of aromatic hydroxyl groups is 1. The van der Waals surface area contributed by atoms with Crippen molar-refractivity contribution < 1.29 is 46.8 Å².